The molecule has 0 spiro atoms. The van der Waals surface area contributed by atoms with Crippen molar-refractivity contribution in [2.75, 3.05) is 32.6 Å². The molecule has 3 aromatic rings. The van der Waals surface area contributed by atoms with Gasteiger partial charge in [-0.1, -0.05) is 24.3 Å². The number of fused-ring (bicyclic) bond motifs is 1. The molecule has 1 unspecified atom stereocenters. The molecule has 2 N–H and O–H groups in total. The van der Waals surface area contributed by atoms with Crippen LogP contribution in [0.1, 0.15) is 22.0 Å². The fourth-order valence-electron chi connectivity index (χ4n) is 4.01. The van der Waals surface area contributed by atoms with Crippen LogP contribution in [-0.2, 0) is 11.2 Å². The lowest BCUT2D eigenvalue weighted by Gasteiger charge is -2.34. The van der Waals surface area contributed by atoms with Crippen molar-refractivity contribution >= 4 is 22.9 Å². The van der Waals surface area contributed by atoms with Crippen LogP contribution in [0.25, 0.3) is 0 Å². The maximum Gasteiger partial charge on any atom is 0.279 e. The second-order valence-corrected chi connectivity index (χ2v) is 8.08. The van der Waals surface area contributed by atoms with Gasteiger partial charge in [0.15, 0.2) is 18.0 Å². The van der Waals surface area contributed by atoms with E-state index in [4.69, 9.17) is 9.47 Å². The Balaban J connectivity index is 1.64. The standard InChI is InChI=1S/C23H24N2O3S/c1-27-19-13-16-10-11-25(15-22(26)24-17-7-4-3-5-8-17)23(21-9-6-12-29-21)18(16)14-20(19)28-2/h3-9,12-14,23H,10-11,15H2,1-2H3,(H,24,26)/p+1/t23-/m1/s1. The number of carbonyl (C=O) groups excluding carboxylic acids is 1. The number of anilines is 1. The van der Waals surface area contributed by atoms with Crippen LogP contribution in [0.5, 0.6) is 11.5 Å². The van der Waals surface area contributed by atoms with Gasteiger partial charge in [0.05, 0.1) is 25.6 Å². The predicted octanol–water partition coefficient (Wildman–Crippen LogP) is 2.93. The minimum Gasteiger partial charge on any atom is -0.493 e. The molecule has 2 aromatic carbocycles. The molecule has 1 aliphatic rings. The summed E-state index contributed by atoms with van der Waals surface area (Å²) in [5.41, 5.74) is 3.29. The molecule has 1 amide bonds. The summed E-state index contributed by atoms with van der Waals surface area (Å²) >= 11 is 1.73. The zero-order valence-corrected chi connectivity index (χ0v) is 17.4. The molecular formula is C23H25N2O3S+. The number of para-hydroxylation sites is 1. The van der Waals surface area contributed by atoms with Crippen LogP contribution in [-0.4, -0.2) is 33.2 Å². The van der Waals surface area contributed by atoms with Crippen molar-refractivity contribution < 1.29 is 19.2 Å². The molecule has 0 saturated heterocycles. The summed E-state index contributed by atoms with van der Waals surface area (Å²) in [7, 11) is 3.32. The zero-order chi connectivity index (χ0) is 20.2. The molecular weight excluding hydrogens is 384 g/mol. The Morgan fingerprint density at radius 1 is 1.10 bits per heavy atom. The number of methoxy groups -OCH3 is 2. The smallest absolute Gasteiger partial charge is 0.279 e. The molecule has 1 aromatic heterocycles. The first-order valence-corrected chi connectivity index (χ1v) is 10.5. The number of benzene rings is 2. The van der Waals surface area contributed by atoms with E-state index in [1.165, 1.54) is 20.9 Å². The second-order valence-electron chi connectivity index (χ2n) is 7.10. The van der Waals surface area contributed by atoms with E-state index in [1.807, 2.05) is 30.3 Å². The van der Waals surface area contributed by atoms with Crippen LogP contribution < -0.4 is 19.7 Å². The van der Waals surface area contributed by atoms with Gasteiger partial charge in [0.2, 0.25) is 0 Å². The third kappa shape index (κ3) is 4.13. The summed E-state index contributed by atoms with van der Waals surface area (Å²) < 4.78 is 11.0. The van der Waals surface area contributed by atoms with E-state index in [9.17, 15) is 4.79 Å². The van der Waals surface area contributed by atoms with Crippen LogP contribution in [0.4, 0.5) is 5.69 Å². The van der Waals surface area contributed by atoms with E-state index in [-0.39, 0.29) is 11.9 Å². The number of rotatable bonds is 6. The topological polar surface area (TPSA) is 52.0 Å². The van der Waals surface area contributed by atoms with Gasteiger partial charge in [0.1, 0.15) is 6.04 Å². The maximum atomic E-state index is 12.8. The molecule has 0 saturated carbocycles. The molecule has 0 aliphatic carbocycles. The highest BCUT2D eigenvalue weighted by molar-refractivity contribution is 7.10. The van der Waals surface area contributed by atoms with Gasteiger partial charge in [0, 0.05) is 17.7 Å². The molecule has 4 rings (SSSR count). The van der Waals surface area contributed by atoms with Crippen molar-refractivity contribution in [3.8, 4) is 11.5 Å². The number of nitrogens with one attached hydrogen (secondary N) is 2. The van der Waals surface area contributed by atoms with Gasteiger partial charge in [-0.2, -0.15) is 0 Å². The first kappa shape index (κ1) is 19.5. The van der Waals surface area contributed by atoms with Crippen LogP contribution in [0.3, 0.4) is 0 Å². The molecule has 0 radical (unpaired) electrons. The number of thiophene rings is 1. The third-order valence-corrected chi connectivity index (χ3v) is 6.29. The van der Waals surface area contributed by atoms with Gasteiger partial charge in [-0.25, -0.2) is 0 Å². The Kier molecular flexibility index (Phi) is 5.83. The average molecular weight is 410 g/mol. The maximum absolute atomic E-state index is 12.8. The molecule has 6 heteroatoms. The normalized spacial score (nSPS) is 18.0. The summed E-state index contributed by atoms with van der Waals surface area (Å²) in [6.07, 6.45) is 0.894. The monoisotopic (exact) mass is 409 g/mol. The van der Waals surface area contributed by atoms with Gasteiger partial charge in [-0.3, -0.25) is 4.79 Å². The Labute approximate surface area is 174 Å². The summed E-state index contributed by atoms with van der Waals surface area (Å²) in [6.45, 7) is 1.29. The highest BCUT2D eigenvalue weighted by atomic mass is 32.1. The van der Waals surface area contributed by atoms with Crippen molar-refractivity contribution in [3.63, 3.8) is 0 Å². The van der Waals surface area contributed by atoms with E-state index >= 15 is 0 Å². The zero-order valence-electron chi connectivity index (χ0n) is 16.6. The predicted molar refractivity (Wildman–Crippen MR) is 115 cm³/mol. The van der Waals surface area contributed by atoms with E-state index in [2.05, 4.69) is 35.0 Å². The van der Waals surface area contributed by atoms with Crippen LogP contribution in [0.2, 0.25) is 0 Å². The highest BCUT2D eigenvalue weighted by Gasteiger charge is 2.35. The number of ether oxygens (including phenoxy) is 2. The molecule has 29 heavy (non-hydrogen) atoms. The van der Waals surface area contributed by atoms with Gasteiger partial charge in [0.25, 0.3) is 5.91 Å². The van der Waals surface area contributed by atoms with Crippen molar-refractivity contribution in [2.24, 2.45) is 0 Å². The molecule has 1 aliphatic heterocycles. The van der Waals surface area contributed by atoms with Crippen LogP contribution in [0.15, 0.2) is 60.0 Å². The molecule has 5 nitrogen and oxygen atoms in total. The molecule has 2 heterocycles. The molecule has 2 atom stereocenters. The number of amides is 1. The lowest BCUT2D eigenvalue weighted by Crippen LogP contribution is -3.14. The number of carbonyl (C=O) groups is 1. The number of hydrogen-bond acceptors (Lipinski definition) is 4. The summed E-state index contributed by atoms with van der Waals surface area (Å²) in [5.74, 6) is 1.50. The number of hydrogen-bond donors (Lipinski definition) is 2. The van der Waals surface area contributed by atoms with Crippen molar-refractivity contribution in [1.29, 1.82) is 0 Å². The minimum absolute atomic E-state index is 0.0247. The van der Waals surface area contributed by atoms with Crippen LogP contribution >= 0.6 is 11.3 Å². The molecule has 0 fully saturated rings. The van der Waals surface area contributed by atoms with E-state index in [0.717, 1.165) is 30.2 Å². The largest absolute Gasteiger partial charge is 0.493 e. The van der Waals surface area contributed by atoms with Crippen molar-refractivity contribution in [2.45, 2.75) is 12.5 Å². The minimum atomic E-state index is 0.0247. The SMILES string of the molecule is COc1cc2c(cc1OC)[C@H](c1cccs1)[NH+](CC(=O)Nc1ccccc1)CC2. The quantitative estimate of drug-likeness (QED) is 0.658. The lowest BCUT2D eigenvalue weighted by atomic mass is 9.91. The van der Waals surface area contributed by atoms with Crippen LogP contribution in [0, 0.1) is 0 Å². The Morgan fingerprint density at radius 3 is 2.55 bits per heavy atom. The Hall–Kier alpha value is -2.83. The lowest BCUT2D eigenvalue weighted by molar-refractivity contribution is -0.919. The Bertz CT molecular complexity index is 973. The first-order chi connectivity index (χ1) is 14.2. The first-order valence-electron chi connectivity index (χ1n) is 9.67. The van der Waals surface area contributed by atoms with Gasteiger partial charge in [-0.15, -0.1) is 11.3 Å². The summed E-state index contributed by atoms with van der Waals surface area (Å²) in [4.78, 5) is 15.2. The Morgan fingerprint density at radius 2 is 1.86 bits per heavy atom. The van der Waals surface area contributed by atoms with Gasteiger partial charge < -0.3 is 19.7 Å². The van der Waals surface area contributed by atoms with E-state index in [1.54, 1.807) is 25.6 Å². The van der Waals surface area contributed by atoms with E-state index in [0.29, 0.717) is 6.54 Å². The average Bonchev–Trinajstić information content (AvgIpc) is 3.27. The fraction of sp³-hybridized carbons (Fsp3) is 0.261. The fourth-order valence-corrected chi connectivity index (χ4v) is 4.92. The second kappa shape index (κ2) is 8.68. The van der Waals surface area contributed by atoms with Gasteiger partial charge in [-0.05, 0) is 41.3 Å². The summed E-state index contributed by atoms with van der Waals surface area (Å²) in [5, 5.41) is 5.11. The highest BCUT2D eigenvalue weighted by Crippen LogP contribution is 2.37. The van der Waals surface area contributed by atoms with Crippen molar-refractivity contribution in [1.82, 2.24) is 0 Å². The van der Waals surface area contributed by atoms with E-state index < -0.39 is 0 Å². The number of quaternary nitrogens is 1. The molecule has 150 valence electrons. The molecule has 0 bridgehead atoms. The summed E-state index contributed by atoms with van der Waals surface area (Å²) in [6, 6.07) is 18.1. The van der Waals surface area contributed by atoms with Crippen molar-refractivity contribution in [3.05, 3.63) is 76.0 Å². The van der Waals surface area contributed by atoms with Gasteiger partial charge >= 0.3 is 0 Å². The third-order valence-electron chi connectivity index (χ3n) is 5.35.